The minimum absolute atomic E-state index is 0.497. The maximum absolute atomic E-state index is 6.25. The van der Waals surface area contributed by atoms with E-state index in [1.165, 1.54) is 11.3 Å². The number of hydrogen-bond acceptors (Lipinski definition) is 2. The molecule has 0 fully saturated rings. The lowest BCUT2D eigenvalue weighted by atomic mass is 10.1. The zero-order chi connectivity index (χ0) is 11.7. The van der Waals surface area contributed by atoms with E-state index in [0.717, 1.165) is 24.4 Å². The molecule has 0 aromatic heterocycles. The predicted molar refractivity (Wildman–Crippen MR) is 70.2 cm³/mol. The second kappa shape index (κ2) is 4.64. The van der Waals surface area contributed by atoms with Gasteiger partial charge in [-0.3, -0.25) is 0 Å². The van der Waals surface area contributed by atoms with Crippen molar-refractivity contribution in [2.24, 2.45) is 5.73 Å². The second-order valence-corrected chi connectivity index (χ2v) is 5.08. The highest BCUT2D eigenvalue weighted by Gasteiger charge is 2.31. The van der Waals surface area contributed by atoms with Crippen LogP contribution in [0.2, 0.25) is 5.02 Å². The summed E-state index contributed by atoms with van der Waals surface area (Å²) >= 11 is 6.25. The molecule has 1 aliphatic heterocycles. The maximum atomic E-state index is 6.25. The highest BCUT2D eigenvalue weighted by Crippen LogP contribution is 2.38. The molecule has 1 unspecified atom stereocenters. The summed E-state index contributed by atoms with van der Waals surface area (Å²) in [7, 11) is 0. The van der Waals surface area contributed by atoms with Gasteiger partial charge in [0.2, 0.25) is 0 Å². The second-order valence-electron chi connectivity index (χ2n) is 4.67. The Morgan fingerprint density at radius 1 is 1.50 bits per heavy atom. The molecule has 1 aromatic carbocycles. The van der Waals surface area contributed by atoms with Crippen LogP contribution in [-0.4, -0.2) is 18.6 Å². The van der Waals surface area contributed by atoms with E-state index in [9.17, 15) is 0 Å². The zero-order valence-electron chi connectivity index (χ0n) is 9.91. The van der Waals surface area contributed by atoms with Crippen molar-refractivity contribution < 1.29 is 0 Å². The Labute approximate surface area is 102 Å². The van der Waals surface area contributed by atoms with E-state index in [0.29, 0.717) is 12.1 Å². The third-order valence-corrected chi connectivity index (χ3v) is 3.62. The van der Waals surface area contributed by atoms with Crippen LogP contribution in [0.5, 0.6) is 0 Å². The van der Waals surface area contributed by atoms with Crippen molar-refractivity contribution in [2.75, 3.05) is 11.4 Å². The lowest BCUT2D eigenvalue weighted by molar-refractivity contribution is 0.542. The third kappa shape index (κ3) is 1.92. The van der Waals surface area contributed by atoms with E-state index in [-0.39, 0.29) is 0 Å². The molecule has 0 saturated heterocycles. The van der Waals surface area contributed by atoms with Crippen LogP contribution in [0.25, 0.3) is 0 Å². The van der Waals surface area contributed by atoms with Crippen LogP contribution in [0.1, 0.15) is 25.8 Å². The molecular formula is C13H19ClN2. The summed E-state index contributed by atoms with van der Waals surface area (Å²) in [6.45, 7) is 5.18. The summed E-state index contributed by atoms with van der Waals surface area (Å²) in [5.74, 6) is 0. The summed E-state index contributed by atoms with van der Waals surface area (Å²) in [5.41, 5.74) is 8.26. The molecule has 0 spiro atoms. The lowest BCUT2D eigenvalue weighted by Gasteiger charge is -2.31. The van der Waals surface area contributed by atoms with E-state index in [2.05, 4.69) is 24.8 Å². The molecule has 2 rings (SSSR count). The summed E-state index contributed by atoms with van der Waals surface area (Å²) in [4.78, 5) is 2.45. The van der Waals surface area contributed by atoms with Gasteiger partial charge in [0, 0.05) is 22.8 Å². The molecule has 0 aliphatic carbocycles. The van der Waals surface area contributed by atoms with Gasteiger partial charge in [-0.2, -0.15) is 0 Å². The normalized spacial score (nSPS) is 19.3. The number of nitrogens with zero attached hydrogens (tertiary/aromatic N) is 1. The van der Waals surface area contributed by atoms with Crippen molar-refractivity contribution in [2.45, 2.75) is 38.8 Å². The first-order valence-corrected chi connectivity index (χ1v) is 6.28. The topological polar surface area (TPSA) is 29.3 Å². The molecule has 0 radical (unpaired) electrons. The Kier molecular flexibility index (Phi) is 3.41. The number of nitrogens with two attached hydrogens (primary N) is 1. The van der Waals surface area contributed by atoms with Crippen LogP contribution >= 0.6 is 11.6 Å². The van der Waals surface area contributed by atoms with Gasteiger partial charge in [-0.05, 0) is 50.9 Å². The Bertz CT molecular complexity index is 376. The molecule has 2 nitrogen and oxygen atoms in total. The van der Waals surface area contributed by atoms with Crippen molar-refractivity contribution >= 4 is 17.3 Å². The summed E-state index contributed by atoms with van der Waals surface area (Å²) < 4.78 is 0. The smallest absolute Gasteiger partial charge is 0.0459 e. The molecule has 16 heavy (non-hydrogen) atoms. The first-order valence-electron chi connectivity index (χ1n) is 5.91. The number of fused-ring (bicyclic) bond motifs is 1. The summed E-state index contributed by atoms with van der Waals surface area (Å²) in [5, 5.41) is 0.891. The van der Waals surface area contributed by atoms with Crippen LogP contribution in [0, 0.1) is 0 Å². The van der Waals surface area contributed by atoms with Gasteiger partial charge in [-0.1, -0.05) is 17.7 Å². The fourth-order valence-corrected chi connectivity index (χ4v) is 2.90. The van der Waals surface area contributed by atoms with Crippen molar-refractivity contribution in [3.8, 4) is 0 Å². The monoisotopic (exact) mass is 238 g/mol. The van der Waals surface area contributed by atoms with Crippen LogP contribution in [0.4, 0.5) is 5.69 Å². The maximum Gasteiger partial charge on any atom is 0.0459 e. The van der Waals surface area contributed by atoms with Crippen LogP contribution < -0.4 is 10.6 Å². The average molecular weight is 239 g/mol. The minimum Gasteiger partial charge on any atom is -0.365 e. The molecule has 0 saturated carbocycles. The van der Waals surface area contributed by atoms with Gasteiger partial charge in [0.25, 0.3) is 0 Å². The number of anilines is 1. The number of benzene rings is 1. The fraction of sp³-hybridized carbons (Fsp3) is 0.538. The van der Waals surface area contributed by atoms with E-state index < -0.39 is 0 Å². The van der Waals surface area contributed by atoms with Crippen LogP contribution in [-0.2, 0) is 6.42 Å². The molecule has 0 bridgehead atoms. The van der Waals surface area contributed by atoms with E-state index in [1.807, 2.05) is 12.1 Å². The molecule has 1 aromatic rings. The van der Waals surface area contributed by atoms with E-state index in [4.69, 9.17) is 17.3 Å². The van der Waals surface area contributed by atoms with Crippen molar-refractivity contribution in [3.05, 3.63) is 28.8 Å². The van der Waals surface area contributed by atoms with Gasteiger partial charge in [-0.15, -0.1) is 0 Å². The summed E-state index contributed by atoms with van der Waals surface area (Å²) in [6, 6.07) is 7.18. The van der Waals surface area contributed by atoms with Crippen molar-refractivity contribution in [3.63, 3.8) is 0 Å². The Morgan fingerprint density at radius 2 is 2.25 bits per heavy atom. The third-order valence-electron chi connectivity index (χ3n) is 3.26. The van der Waals surface area contributed by atoms with Gasteiger partial charge >= 0.3 is 0 Å². The first-order chi connectivity index (χ1) is 7.65. The Balaban J connectivity index is 2.37. The number of rotatable bonds is 3. The molecule has 3 heteroatoms. The summed E-state index contributed by atoms with van der Waals surface area (Å²) in [6.07, 6.45) is 2.06. The van der Waals surface area contributed by atoms with E-state index >= 15 is 0 Å². The van der Waals surface area contributed by atoms with Crippen LogP contribution in [0.15, 0.2) is 18.2 Å². The standard InChI is InChI=1S/C13H19ClN2/c1-9(2)16-10(6-7-15)8-11-12(14)4-3-5-13(11)16/h3-5,9-10H,6-8,15H2,1-2H3. The molecular weight excluding hydrogens is 220 g/mol. The predicted octanol–water partition coefficient (Wildman–Crippen LogP) is 2.83. The molecule has 0 amide bonds. The minimum atomic E-state index is 0.497. The Hall–Kier alpha value is -0.730. The average Bonchev–Trinajstić information content (AvgIpc) is 2.58. The van der Waals surface area contributed by atoms with Crippen LogP contribution in [0.3, 0.4) is 0 Å². The molecule has 1 heterocycles. The SMILES string of the molecule is CC(C)N1c2cccc(Cl)c2CC1CCN. The molecule has 88 valence electrons. The van der Waals surface area contributed by atoms with Gasteiger partial charge in [0.05, 0.1) is 0 Å². The number of hydrogen-bond donors (Lipinski definition) is 1. The highest BCUT2D eigenvalue weighted by atomic mass is 35.5. The first kappa shape index (κ1) is 11.7. The van der Waals surface area contributed by atoms with E-state index in [1.54, 1.807) is 0 Å². The lowest BCUT2D eigenvalue weighted by Crippen LogP contribution is -2.38. The van der Waals surface area contributed by atoms with Crippen molar-refractivity contribution in [1.29, 1.82) is 0 Å². The largest absolute Gasteiger partial charge is 0.365 e. The molecule has 1 atom stereocenters. The quantitative estimate of drug-likeness (QED) is 0.878. The molecule has 1 aliphatic rings. The Morgan fingerprint density at radius 3 is 2.88 bits per heavy atom. The van der Waals surface area contributed by atoms with Gasteiger partial charge < -0.3 is 10.6 Å². The van der Waals surface area contributed by atoms with Gasteiger partial charge in [0.15, 0.2) is 0 Å². The molecule has 2 N–H and O–H groups in total. The van der Waals surface area contributed by atoms with Crippen molar-refractivity contribution in [1.82, 2.24) is 0 Å². The van der Waals surface area contributed by atoms with Gasteiger partial charge in [0.1, 0.15) is 0 Å². The fourth-order valence-electron chi connectivity index (χ4n) is 2.66. The highest BCUT2D eigenvalue weighted by molar-refractivity contribution is 6.31. The zero-order valence-corrected chi connectivity index (χ0v) is 10.7. The van der Waals surface area contributed by atoms with Gasteiger partial charge in [-0.25, -0.2) is 0 Å². The number of halogens is 1.